The van der Waals surface area contributed by atoms with Crippen LogP contribution in [0.4, 0.5) is 5.82 Å². The second kappa shape index (κ2) is 8.44. The van der Waals surface area contributed by atoms with Gasteiger partial charge in [0, 0.05) is 42.7 Å². The first-order valence-electron chi connectivity index (χ1n) is 9.02. The molecule has 0 saturated carbocycles. The van der Waals surface area contributed by atoms with Crippen molar-refractivity contribution in [1.82, 2.24) is 24.8 Å². The van der Waals surface area contributed by atoms with E-state index in [1.54, 1.807) is 18.6 Å². The second-order valence-corrected chi connectivity index (χ2v) is 6.24. The third-order valence-corrected chi connectivity index (χ3v) is 4.38. The molecule has 1 amide bonds. The molecule has 0 atom stereocenters. The molecule has 140 valence electrons. The van der Waals surface area contributed by atoms with E-state index in [1.807, 2.05) is 49.6 Å². The predicted molar refractivity (Wildman–Crippen MR) is 106 cm³/mol. The van der Waals surface area contributed by atoms with Crippen molar-refractivity contribution >= 4 is 11.7 Å². The zero-order valence-electron chi connectivity index (χ0n) is 15.9. The van der Waals surface area contributed by atoms with Gasteiger partial charge in [-0.05, 0) is 39.0 Å². The third-order valence-electron chi connectivity index (χ3n) is 4.38. The monoisotopic (exact) mass is 364 g/mol. The molecule has 0 saturated heterocycles. The Morgan fingerprint density at radius 2 is 2.04 bits per heavy atom. The molecule has 3 aromatic rings. The Morgan fingerprint density at radius 3 is 2.78 bits per heavy atom. The molecule has 0 unspecified atom stereocenters. The Morgan fingerprint density at radius 1 is 1.19 bits per heavy atom. The van der Waals surface area contributed by atoms with Gasteiger partial charge < -0.3 is 15.2 Å². The van der Waals surface area contributed by atoms with Gasteiger partial charge in [-0.3, -0.25) is 4.79 Å². The highest BCUT2D eigenvalue weighted by atomic mass is 16.1. The van der Waals surface area contributed by atoms with Gasteiger partial charge >= 0.3 is 0 Å². The summed E-state index contributed by atoms with van der Waals surface area (Å²) in [5.74, 6) is 1.24. The number of nitrogens with one attached hydrogen (secondary N) is 2. The van der Waals surface area contributed by atoms with Gasteiger partial charge in [0.1, 0.15) is 5.82 Å². The third kappa shape index (κ3) is 4.49. The lowest BCUT2D eigenvalue weighted by molar-refractivity contribution is 0.0952. The minimum atomic E-state index is -0.117. The topological polar surface area (TPSA) is 84.7 Å². The Hall–Kier alpha value is -3.22. The van der Waals surface area contributed by atoms with Crippen LogP contribution in [-0.2, 0) is 6.54 Å². The highest BCUT2D eigenvalue weighted by Crippen LogP contribution is 2.18. The number of benzene rings is 1. The van der Waals surface area contributed by atoms with Gasteiger partial charge in [-0.1, -0.05) is 12.1 Å². The number of aryl methyl sites for hydroxylation is 1. The van der Waals surface area contributed by atoms with Crippen LogP contribution in [0.5, 0.6) is 0 Å². The van der Waals surface area contributed by atoms with Crippen LogP contribution < -0.4 is 10.6 Å². The lowest BCUT2D eigenvalue weighted by Gasteiger charge is -2.09. The van der Waals surface area contributed by atoms with Crippen LogP contribution in [0.2, 0.25) is 0 Å². The zero-order valence-corrected chi connectivity index (χ0v) is 15.9. The number of carbonyl (C=O) groups excluding carboxylic acids is 1. The first-order valence-corrected chi connectivity index (χ1v) is 9.02. The lowest BCUT2D eigenvalue weighted by atomic mass is 10.1. The molecule has 0 radical (unpaired) electrons. The minimum Gasteiger partial charge on any atom is -0.370 e. The van der Waals surface area contributed by atoms with E-state index in [-0.39, 0.29) is 5.91 Å². The van der Waals surface area contributed by atoms with Crippen molar-refractivity contribution in [2.45, 2.75) is 27.3 Å². The van der Waals surface area contributed by atoms with E-state index in [1.165, 1.54) is 0 Å². The van der Waals surface area contributed by atoms with Crippen LogP contribution in [0.15, 0.2) is 42.9 Å². The fourth-order valence-corrected chi connectivity index (χ4v) is 2.74. The van der Waals surface area contributed by atoms with E-state index < -0.39 is 0 Å². The lowest BCUT2D eigenvalue weighted by Crippen LogP contribution is -2.27. The van der Waals surface area contributed by atoms with Crippen LogP contribution in [0.25, 0.3) is 11.4 Å². The van der Waals surface area contributed by atoms with E-state index in [2.05, 4.69) is 25.6 Å². The number of imidazole rings is 1. The average Bonchev–Trinajstić information content (AvgIpc) is 3.01. The Balaban J connectivity index is 1.66. The van der Waals surface area contributed by atoms with Gasteiger partial charge in [0.15, 0.2) is 5.82 Å². The van der Waals surface area contributed by atoms with Crippen molar-refractivity contribution in [3.8, 4) is 11.4 Å². The fourth-order valence-electron chi connectivity index (χ4n) is 2.74. The smallest absolute Gasteiger partial charge is 0.251 e. The molecule has 3 rings (SSSR count). The largest absolute Gasteiger partial charge is 0.370 e. The van der Waals surface area contributed by atoms with E-state index in [4.69, 9.17) is 0 Å². The van der Waals surface area contributed by atoms with Crippen LogP contribution in [-0.4, -0.2) is 38.5 Å². The van der Waals surface area contributed by atoms with Crippen molar-refractivity contribution in [3.63, 3.8) is 0 Å². The zero-order chi connectivity index (χ0) is 19.2. The number of hydrogen-bond acceptors (Lipinski definition) is 5. The van der Waals surface area contributed by atoms with Crippen LogP contribution in [0, 0.1) is 13.8 Å². The number of nitrogens with zero attached hydrogens (tertiary/aromatic N) is 4. The summed E-state index contributed by atoms with van der Waals surface area (Å²) in [6.45, 7) is 8.02. The van der Waals surface area contributed by atoms with Crippen LogP contribution >= 0.6 is 0 Å². The number of carbonyl (C=O) groups is 1. The molecule has 7 nitrogen and oxygen atoms in total. The van der Waals surface area contributed by atoms with E-state index in [0.29, 0.717) is 24.5 Å². The summed E-state index contributed by atoms with van der Waals surface area (Å²) in [5, 5.41) is 6.12. The van der Waals surface area contributed by atoms with Gasteiger partial charge in [-0.15, -0.1) is 0 Å². The number of amides is 1. The standard InChI is InChI=1S/C20H24N6O/c1-4-21-18-8-9-22-19(25-18)16-6-5-7-17(12-16)20(27)23-10-11-26-13-24-14(2)15(26)3/h5-9,12-13H,4,10-11H2,1-3H3,(H,23,27)(H,21,22,25). The van der Waals surface area contributed by atoms with Gasteiger partial charge in [0.05, 0.1) is 12.0 Å². The summed E-state index contributed by atoms with van der Waals surface area (Å²) in [6, 6.07) is 9.17. The van der Waals surface area contributed by atoms with Crippen LogP contribution in [0.3, 0.4) is 0 Å². The molecule has 0 fully saturated rings. The molecule has 27 heavy (non-hydrogen) atoms. The Kier molecular flexibility index (Phi) is 5.80. The normalized spacial score (nSPS) is 10.6. The highest BCUT2D eigenvalue weighted by Gasteiger charge is 2.09. The number of rotatable bonds is 7. The maximum Gasteiger partial charge on any atom is 0.251 e. The van der Waals surface area contributed by atoms with Crippen molar-refractivity contribution in [1.29, 1.82) is 0 Å². The number of hydrogen-bond donors (Lipinski definition) is 2. The summed E-state index contributed by atoms with van der Waals surface area (Å²) in [5.41, 5.74) is 3.52. The van der Waals surface area contributed by atoms with E-state index >= 15 is 0 Å². The molecule has 0 bridgehead atoms. The van der Waals surface area contributed by atoms with Crippen LogP contribution in [0.1, 0.15) is 28.7 Å². The molecule has 2 heterocycles. The molecule has 2 N–H and O–H groups in total. The van der Waals surface area contributed by atoms with Crippen molar-refractivity contribution < 1.29 is 4.79 Å². The molecule has 2 aromatic heterocycles. The Labute approximate surface area is 158 Å². The summed E-state index contributed by atoms with van der Waals surface area (Å²) in [7, 11) is 0. The summed E-state index contributed by atoms with van der Waals surface area (Å²) < 4.78 is 2.03. The molecule has 0 aliphatic heterocycles. The average molecular weight is 364 g/mol. The molecule has 0 aliphatic rings. The van der Waals surface area contributed by atoms with Gasteiger partial charge in [-0.25, -0.2) is 15.0 Å². The molecule has 7 heteroatoms. The predicted octanol–water partition coefficient (Wildman–Crippen LogP) is 2.82. The first kappa shape index (κ1) is 18.6. The number of anilines is 1. The molecule has 1 aromatic carbocycles. The van der Waals surface area contributed by atoms with Gasteiger partial charge in [-0.2, -0.15) is 0 Å². The van der Waals surface area contributed by atoms with Gasteiger partial charge in [0.25, 0.3) is 5.91 Å². The summed E-state index contributed by atoms with van der Waals surface area (Å²) >= 11 is 0. The van der Waals surface area contributed by atoms with Crippen molar-refractivity contribution in [2.75, 3.05) is 18.4 Å². The van der Waals surface area contributed by atoms with E-state index in [9.17, 15) is 4.79 Å². The molecular formula is C20H24N6O. The molecule has 0 spiro atoms. The minimum absolute atomic E-state index is 0.117. The van der Waals surface area contributed by atoms with E-state index in [0.717, 1.165) is 29.3 Å². The highest BCUT2D eigenvalue weighted by molar-refractivity contribution is 5.95. The fraction of sp³-hybridized carbons (Fsp3) is 0.300. The van der Waals surface area contributed by atoms with Crippen molar-refractivity contribution in [2.24, 2.45) is 0 Å². The maximum atomic E-state index is 12.5. The number of aromatic nitrogens is 4. The molecule has 0 aliphatic carbocycles. The molecular weight excluding hydrogens is 340 g/mol. The SMILES string of the molecule is CCNc1ccnc(-c2cccc(C(=O)NCCn3cnc(C)c3C)c2)n1. The second-order valence-electron chi connectivity index (χ2n) is 6.24. The Bertz CT molecular complexity index is 934. The van der Waals surface area contributed by atoms with Gasteiger partial charge in [0.2, 0.25) is 0 Å². The maximum absolute atomic E-state index is 12.5. The first-order chi connectivity index (χ1) is 13.1. The quantitative estimate of drug-likeness (QED) is 0.673. The van der Waals surface area contributed by atoms with Crippen molar-refractivity contribution in [3.05, 3.63) is 59.8 Å². The summed E-state index contributed by atoms with van der Waals surface area (Å²) in [6.07, 6.45) is 3.51. The summed E-state index contributed by atoms with van der Waals surface area (Å²) in [4.78, 5) is 25.6.